The lowest BCUT2D eigenvalue weighted by molar-refractivity contribution is -0.141. The summed E-state index contributed by atoms with van der Waals surface area (Å²) in [6, 6.07) is 15.1. The molecule has 0 spiro atoms. The van der Waals surface area contributed by atoms with E-state index < -0.39 is 0 Å². The first-order valence-electron chi connectivity index (χ1n) is 9.09. The van der Waals surface area contributed by atoms with Crippen LogP contribution in [0.2, 0.25) is 0 Å². The molecule has 3 heterocycles. The minimum absolute atomic E-state index is 0.00551. The van der Waals surface area contributed by atoms with E-state index in [1.165, 1.54) is 6.33 Å². The third-order valence-corrected chi connectivity index (χ3v) is 4.48. The van der Waals surface area contributed by atoms with Crippen molar-refractivity contribution in [2.45, 2.75) is 6.10 Å². The molecule has 0 bridgehead atoms. The molecule has 7 nitrogen and oxygen atoms in total. The van der Waals surface area contributed by atoms with Gasteiger partial charge in [-0.2, -0.15) is 0 Å². The molecule has 0 N–H and O–H groups in total. The first kappa shape index (κ1) is 18.1. The Morgan fingerprint density at radius 3 is 2.75 bits per heavy atom. The van der Waals surface area contributed by atoms with Gasteiger partial charge in [-0.25, -0.2) is 15.0 Å². The van der Waals surface area contributed by atoms with E-state index in [0.29, 0.717) is 25.4 Å². The summed E-state index contributed by atoms with van der Waals surface area (Å²) in [5.74, 6) is 0.616. The van der Waals surface area contributed by atoms with Gasteiger partial charge in [0.25, 0.3) is 5.91 Å². The maximum Gasteiger partial charge on any atom is 0.260 e. The third kappa shape index (κ3) is 4.32. The van der Waals surface area contributed by atoms with Gasteiger partial charge < -0.3 is 14.4 Å². The van der Waals surface area contributed by atoms with E-state index in [2.05, 4.69) is 15.0 Å². The number of pyridine rings is 1. The summed E-state index contributed by atoms with van der Waals surface area (Å²) in [7, 11) is 0. The predicted molar refractivity (Wildman–Crippen MR) is 102 cm³/mol. The molecular weight excluding hydrogens is 356 g/mol. The number of carbonyl (C=O) groups excluding carboxylic acids is 1. The number of amides is 1. The van der Waals surface area contributed by atoms with Crippen molar-refractivity contribution < 1.29 is 14.3 Å². The average molecular weight is 376 g/mol. The minimum Gasteiger partial charge on any atom is -0.484 e. The number of rotatable bonds is 5. The number of ether oxygens (including phenoxy) is 2. The summed E-state index contributed by atoms with van der Waals surface area (Å²) < 4.78 is 11.4. The minimum atomic E-state index is -0.279. The summed E-state index contributed by atoms with van der Waals surface area (Å²) in [6.45, 7) is 1.45. The quantitative estimate of drug-likeness (QED) is 0.681. The maximum absolute atomic E-state index is 12.5. The highest BCUT2D eigenvalue weighted by atomic mass is 16.5. The molecule has 1 amide bonds. The van der Waals surface area contributed by atoms with Gasteiger partial charge in [0.1, 0.15) is 18.2 Å². The van der Waals surface area contributed by atoms with Crippen LogP contribution in [0.5, 0.6) is 5.75 Å². The molecule has 0 unspecified atom stereocenters. The first-order valence-corrected chi connectivity index (χ1v) is 9.09. The van der Waals surface area contributed by atoms with Gasteiger partial charge in [-0.3, -0.25) is 4.79 Å². The highest BCUT2D eigenvalue weighted by Crippen LogP contribution is 2.24. The second-order valence-corrected chi connectivity index (χ2v) is 6.38. The van der Waals surface area contributed by atoms with Gasteiger partial charge in [0.15, 0.2) is 6.61 Å². The van der Waals surface area contributed by atoms with Crippen LogP contribution in [0.3, 0.4) is 0 Å². The molecule has 1 aromatic carbocycles. The molecule has 3 aromatic rings. The fraction of sp³-hybridized carbons (Fsp3) is 0.238. The Balaban J connectivity index is 1.42. The van der Waals surface area contributed by atoms with Crippen LogP contribution >= 0.6 is 0 Å². The molecule has 1 fully saturated rings. The number of hydrogen-bond acceptors (Lipinski definition) is 6. The molecule has 4 rings (SSSR count). The Bertz CT molecular complexity index is 921. The van der Waals surface area contributed by atoms with Crippen molar-refractivity contribution in [3.05, 3.63) is 72.9 Å². The zero-order valence-corrected chi connectivity index (χ0v) is 15.3. The van der Waals surface area contributed by atoms with Crippen molar-refractivity contribution >= 4 is 5.91 Å². The number of aromatic nitrogens is 3. The molecule has 0 radical (unpaired) electrons. The molecule has 142 valence electrons. The monoisotopic (exact) mass is 376 g/mol. The van der Waals surface area contributed by atoms with Crippen LogP contribution in [-0.4, -0.2) is 52.1 Å². The van der Waals surface area contributed by atoms with Crippen LogP contribution < -0.4 is 4.74 Å². The van der Waals surface area contributed by atoms with Crippen LogP contribution in [0.4, 0.5) is 0 Å². The maximum atomic E-state index is 12.5. The van der Waals surface area contributed by atoms with Crippen LogP contribution in [0, 0.1) is 0 Å². The summed E-state index contributed by atoms with van der Waals surface area (Å²) in [5.41, 5.74) is 2.39. The SMILES string of the molecule is O=C(COc1ccccc1)N1CCO[C@H](c2cccc(-c3cncnc3)n2)C1. The van der Waals surface area contributed by atoms with Crippen molar-refractivity contribution in [2.75, 3.05) is 26.3 Å². The number of hydrogen-bond donors (Lipinski definition) is 0. The third-order valence-electron chi connectivity index (χ3n) is 4.48. The van der Waals surface area contributed by atoms with E-state index in [1.54, 1.807) is 17.3 Å². The summed E-state index contributed by atoms with van der Waals surface area (Å²) in [5, 5.41) is 0. The molecule has 28 heavy (non-hydrogen) atoms. The number of carbonyl (C=O) groups is 1. The number of nitrogens with zero attached hydrogens (tertiary/aromatic N) is 4. The Hall–Kier alpha value is -3.32. The molecular formula is C21H20N4O3. The topological polar surface area (TPSA) is 77.4 Å². The van der Waals surface area contributed by atoms with E-state index >= 15 is 0 Å². The summed E-state index contributed by atoms with van der Waals surface area (Å²) in [6.07, 6.45) is 4.65. The number of para-hydroxylation sites is 1. The van der Waals surface area contributed by atoms with Gasteiger partial charge >= 0.3 is 0 Å². The molecule has 2 aromatic heterocycles. The van der Waals surface area contributed by atoms with Gasteiger partial charge in [0.05, 0.1) is 24.5 Å². The van der Waals surface area contributed by atoms with Gasteiger partial charge in [0, 0.05) is 24.5 Å². The van der Waals surface area contributed by atoms with E-state index in [-0.39, 0.29) is 18.6 Å². The van der Waals surface area contributed by atoms with Crippen molar-refractivity contribution in [1.82, 2.24) is 19.9 Å². The average Bonchev–Trinajstić information content (AvgIpc) is 2.79. The Morgan fingerprint density at radius 1 is 1.11 bits per heavy atom. The molecule has 7 heteroatoms. The predicted octanol–water partition coefficient (Wildman–Crippen LogP) is 2.52. The second-order valence-electron chi connectivity index (χ2n) is 6.38. The lowest BCUT2D eigenvalue weighted by Gasteiger charge is -2.32. The smallest absolute Gasteiger partial charge is 0.260 e. The van der Waals surface area contributed by atoms with Gasteiger partial charge in [-0.15, -0.1) is 0 Å². The molecule has 0 aliphatic carbocycles. The second kappa shape index (κ2) is 8.58. The summed E-state index contributed by atoms with van der Waals surface area (Å²) in [4.78, 5) is 27.1. The highest BCUT2D eigenvalue weighted by Gasteiger charge is 2.26. The Morgan fingerprint density at radius 2 is 1.93 bits per heavy atom. The largest absolute Gasteiger partial charge is 0.484 e. The van der Waals surface area contributed by atoms with E-state index in [9.17, 15) is 4.79 Å². The Labute approximate surface area is 163 Å². The van der Waals surface area contributed by atoms with Crippen molar-refractivity contribution in [1.29, 1.82) is 0 Å². The van der Waals surface area contributed by atoms with Gasteiger partial charge in [-0.05, 0) is 24.3 Å². The molecule has 1 atom stereocenters. The van der Waals surface area contributed by atoms with Crippen LogP contribution in [-0.2, 0) is 9.53 Å². The number of benzene rings is 1. The fourth-order valence-electron chi connectivity index (χ4n) is 3.03. The Kier molecular flexibility index (Phi) is 5.53. The van der Waals surface area contributed by atoms with Crippen LogP contribution in [0.15, 0.2) is 67.3 Å². The van der Waals surface area contributed by atoms with E-state index in [4.69, 9.17) is 9.47 Å². The van der Waals surface area contributed by atoms with E-state index in [0.717, 1.165) is 17.0 Å². The molecule has 1 aliphatic rings. The molecule has 0 saturated carbocycles. The molecule has 1 aliphatic heterocycles. The standard InChI is InChI=1S/C21H20N4O3/c26-21(14-28-17-5-2-1-3-6-17)25-9-10-27-20(13-25)19-8-4-7-18(24-19)16-11-22-15-23-12-16/h1-8,11-12,15,20H,9-10,13-14H2/t20-/m0/s1. The van der Waals surface area contributed by atoms with Gasteiger partial charge in [-0.1, -0.05) is 24.3 Å². The van der Waals surface area contributed by atoms with Gasteiger partial charge in [0.2, 0.25) is 0 Å². The normalized spacial score (nSPS) is 16.6. The van der Waals surface area contributed by atoms with E-state index in [1.807, 2.05) is 48.5 Å². The van der Waals surface area contributed by atoms with Crippen LogP contribution in [0.25, 0.3) is 11.3 Å². The number of morpholine rings is 1. The lowest BCUT2D eigenvalue weighted by atomic mass is 10.1. The zero-order valence-electron chi connectivity index (χ0n) is 15.3. The van der Waals surface area contributed by atoms with Crippen LogP contribution in [0.1, 0.15) is 11.8 Å². The fourth-order valence-corrected chi connectivity index (χ4v) is 3.03. The van der Waals surface area contributed by atoms with Crippen molar-refractivity contribution in [3.63, 3.8) is 0 Å². The first-order chi connectivity index (χ1) is 13.8. The summed E-state index contributed by atoms with van der Waals surface area (Å²) >= 11 is 0. The van der Waals surface area contributed by atoms with Crippen molar-refractivity contribution in [2.24, 2.45) is 0 Å². The highest BCUT2D eigenvalue weighted by molar-refractivity contribution is 5.78. The molecule has 1 saturated heterocycles. The zero-order chi connectivity index (χ0) is 19.2. The lowest BCUT2D eigenvalue weighted by Crippen LogP contribution is -2.44. The van der Waals surface area contributed by atoms with Crippen molar-refractivity contribution in [3.8, 4) is 17.0 Å².